The van der Waals surface area contributed by atoms with E-state index >= 15 is 0 Å². The standard InChI is InChI=1S/C7H12N2O/c1-9-6-2-3-7(9)4-5-8-10/h4-5,7H,2-3,6H2,1H3/b5-4-. The van der Waals surface area contributed by atoms with Crippen molar-refractivity contribution in [3.05, 3.63) is 17.2 Å². The first-order chi connectivity index (χ1) is 4.84. The van der Waals surface area contributed by atoms with Crippen LogP contribution in [0.1, 0.15) is 12.8 Å². The number of nitrogens with zero attached hydrogens (tertiary/aromatic N) is 2. The SMILES string of the molecule is CN1CCCC1/C=C\N=O. The summed E-state index contributed by atoms with van der Waals surface area (Å²) in [6, 6.07) is 0.442. The van der Waals surface area contributed by atoms with Crippen LogP contribution in [0.2, 0.25) is 0 Å². The molecule has 0 aliphatic carbocycles. The van der Waals surface area contributed by atoms with Gasteiger partial charge < -0.3 is 0 Å². The highest BCUT2D eigenvalue weighted by Crippen LogP contribution is 2.15. The molecule has 3 heteroatoms. The molecule has 1 rings (SSSR count). The molecule has 1 saturated heterocycles. The van der Waals surface area contributed by atoms with Crippen LogP contribution in [0, 0.1) is 4.91 Å². The molecule has 0 radical (unpaired) electrons. The Labute approximate surface area is 60.7 Å². The molecule has 10 heavy (non-hydrogen) atoms. The Kier molecular flexibility index (Phi) is 2.57. The largest absolute Gasteiger partial charge is 0.300 e. The van der Waals surface area contributed by atoms with Crippen LogP contribution in [0.25, 0.3) is 0 Å². The molecule has 0 aromatic heterocycles. The van der Waals surface area contributed by atoms with Gasteiger partial charge in [-0.05, 0) is 37.7 Å². The maximum atomic E-state index is 9.71. The van der Waals surface area contributed by atoms with Gasteiger partial charge in [0, 0.05) is 6.04 Å². The quantitative estimate of drug-likeness (QED) is 0.542. The fraction of sp³-hybridized carbons (Fsp3) is 0.714. The molecule has 1 heterocycles. The van der Waals surface area contributed by atoms with Crippen molar-refractivity contribution in [2.75, 3.05) is 13.6 Å². The van der Waals surface area contributed by atoms with Gasteiger partial charge in [-0.3, -0.25) is 4.90 Å². The summed E-state index contributed by atoms with van der Waals surface area (Å²) < 4.78 is 0. The molecule has 0 aromatic carbocycles. The molecule has 56 valence electrons. The molecular weight excluding hydrogens is 128 g/mol. The first kappa shape index (κ1) is 7.41. The lowest BCUT2D eigenvalue weighted by Gasteiger charge is -2.13. The van der Waals surface area contributed by atoms with Crippen molar-refractivity contribution in [2.24, 2.45) is 5.18 Å². The van der Waals surface area contributed by atoms with E-state index in [0.717, 1.165) is 13.0 Å². The number of likely N-dealkylation sites (tertiary alicyclic amines) is 1. The number of nitroso groups, excluding NO2 is 1. The maximum absolute atomic E-state index is 9.71. The highest BCUT2D eigenvalue weighted by molar-refractivity contribution is 4.95. The highest BCUT2D eigenvalue weighted by atomic mass is 16.2. The van der Waals surface area contributed by atoms with Crippen molar-refractivity contribution in [1.82, 2.24) is 4.90 Å². The van der Waals surface area contributed by atoms with E-state index in [0.29, 0.717) is 6.04 Å². The molecular formula is C7H12N2O. The molecule has 0 spiro atoms. The van der Waals surface area contributed by atoms with E-state index in [1.807, 2.05) is 6.08 Å². The molecule has 0 bridgehead atoms. The van der Waals surface area contributed by atoms with E-state index in [-0.39, 0.29) is 0 Å². The fourth-order valence-corrected chi connectivity index (χ4v) is 1.31. The summed E-state index contributed by atoms with van der Waals surface area (Å²) in [5, 5.41) is 2.68. The van der Waals surface area contributed by atoms with Gasteiger partial charge in [-0.15, -0.1) is 4.91 Å². The minimum Gasteiger partial charge on any atom is -0.300 e. The first-order valence-electron chi connectivity index (χ1n) is 3.54. The third kappa shape index (κ3) is 1.64. The zero-order chi connectivity index (χ0) is 7.40. The average molecular weight is 140 g/mol. The van der Waals surface area contributed by atoms with Crippen molar-refractivity contribution < 1.29 is 0 Å². The van der Waals surface area contributed by atoms with Crippen LogP contribution in [0.5, 0.6) is 0 Å². The van der Waals surface area contributed by atoms with Crippen LogP contribution in [0.3, 0.4) is 0 Å². The Bertz CT molecular complexity index is 145. The van der Waals surface area contributed by atoms with E-state index in [4.69, 9.17) is 0 Å². The lowest BCUT2D eigenvalue weighted by Crippen LogP contribution is -2.22. The van der Waals surface area contributed by atoms with Crippen molar-refractivity contribution in [2.45, 2.75) is 18.9 Å². The predicted molar refractivity (Wildman–Crippen MR) is 40.6 cm³/mol. The third-order valence-corrected chi connectivity index (χ3v) is 1.95. The van der Waals surface area contributed by atoms with Gasteiger partial charge in [-0.2, -0.15) is 0 Å². The summed E-state index contributed by atoms with van der Waals surface area (Å²) >= 11 is 0. The topological polar surface area (TPSA) is 32.7 Å². The average Bonchev–Trinajstić information content (AvgIpc) is 2.31. The second kappa shape index (κ2) is 3.46. The third-order valence-electron chi connectivity index (χ3n) is 1.95. The van der Waals surface area contributed by atoms with E-state index in [9.17, 15) is 4.91 Å². The Morgan fingerprint density at radius 2 is 2.50 bits per heavy atom. The summed E-state index contributed by atoms with van der Waals surface area (Å²) in [4.78, 5) is 11.9. The van der Waals surface area contributed by atoms with Gasteiger partial charge in [-0.25, -0.2) is 0 Å². The second-order valence-corrected chi connectivity index (χ2v) is 2.64. The van der Waals surface area contributed by atoms with Crippen LogP contribution in [-0.4, -0.2) is 24.5 Å². The number of hydrogen-bond acceptors (Lipinski definition) is 3. The van der Waals surface area contributed by atoms with E-state index in [2.05, 4.69) is 17.1 Å². The van der Waals surface area contributed by atoms with E-state index in [1.165, 1.54) is 12.6 Å². The normalized spacial score (nSPS) is 27.9. The van der Waals surface area contributed by atoms with Crippen molar-refractivity contribution in [1.29, 1.82) is 0 Å². The van der Waals surface area contributed by atoms with Crippen LogP contribution in [0.4, 0.5) is 0 Å². The van der Waals surface area contributed by atoms with Crippen LogP contribution >= 0.6 is 0 Å². The highest BCUT2D eigenvalue weighted by Gasteiger charge is 2.17. The van der Waals surface area contributed by atoms with Gasteiger partial charge in [0.2, 0.25) is 0 Å². The molecule has 0 N–H and O–H groups in total. The monoisotopic (exact) mass is 140 g/mol. The molecule has 1 atom stereocenters. The zero-order valence-corrected chi connectivity index (χ0v) is 6.16. The van der Waals surface area contributed by atoms with Crippen molar-refractivity contribution in [3.8, 4) is 0 Å². The van der Waals surface area contributed by atoms with Crippen LogP contribution < -0.4 is 0 Å². The summed E-state index contributed by atoms with van der Waals surface area (Å²) in [5.74, 6) is 0. The Morgan fingerprint density at radius 3 is 3.00 bits per heavy atom. The van der Waals surface area contributed by atoms with Crippen LogP contribution in [0.15, 0.2) is 17.5 Å². The Balaban J connectivity index is 2.39. The van der Waals surface area contributed by atoms with Crippen LogP contribution in [-0.2, 0) is 0 Å². The minimum atomic E-state index is 0.442. The first-order valence-corrected chi connectivity index (χ1v) is 3.54. The van der Waals surface area contributed by atoms with Crippen molar-refractivity contribution >= 4 is 0 Å². The molecule has 1 aliphatic rings. The molecule has 0 amide bonds. The maximum Gasteiger partial charge on any atom is 0.0690 e. The second-order valence-electron chi connectivity index (χ2n) is 2.64. The predicted octanol–water partition coefficient (Wildman–Crippen LogP) is 1.36. The minimum absolute atomic E-state index is 0.442. The van der Waals surface area contributed by atoms with Gasteiger partial charge in [0.1, 0.15) is 0 Å². The van der Waals surface area contributed by atoms with Gasteiger partial charge in [-0.1, -0.05) is 0 Å². The lowest BCUT2D eigenvalue weighted by atomic mass is 10.2. The van der Waals surface area contributed by atoms with Gasteiger partial charge in [0.05, 0.1) is 6.20 Å². The van der Waals surface area contributed by atoms with Gasteiger partial charge >= 0.3 is 0 Å². The zero-order valence-electron chi connectivity index (χ0n) is 6.16. The smallest absolute Gasteiger partial charge is 0.0690 e. The van der Waals surface area contributed by atoms with Gasteiger partial charge in [0.15, 0.2) is 0 Å². The molecule has 1 aliphatic heterocycles. The summed E-state index contributed by atoms with van der Waals surface area (Å²) in [6.45, 7) is 1.13. The Hall–Kier alpha value is -0.700. The molecule has 0 saturated carbocycles. The molecule has 3 nitrogen and oxygen atoms in total. The summed E-state index contributed by atoms with van der Waals surface area (Å²) in [5.41, 5.74) is 0. The number of likely N-dealkylation sites (N-methyl/N-ethyl adjacent to an activating group) is 1. The van der Waals surface area contributed by atoms with E-state index < -0.39 is 0 Å². The summed E-state index contributed by atoms with van der Waals surface area (Å²) in [7, 11) is 2.06. The molecule has 1 fully saturated rings. The van der Waals surface area contributed by atoms with E-state index in [1.54, 1.807) is 0 Å². The number of rotatable bonds is 2. The number of hydrogen-bond donors (Lipinski definition) is 0. The van der Waals surface area contributed by atoms with Gasteiger partial charge in [0.25, 0.3) is 0 Å². The van der Waals surface area contributed by atoms with Crippen molar-refractivity contribution in [3.63, 3.8) is 0 Å². The Morgan fingerprint density at radius 1 is 1.70 bits per heavy atom. The lowest BCUT2D eigenvalue weighted by molar-refractivity contribution is 0.357. The summed E-state index contributed by atoms with van der Waals surface area (Å²) in [6.07, 6.45) is 5.58. The fourth-order valence-electron chi connectivity index (χ4n) is 1.31. The molecule has 0 aromatic rings. The molecule has 1 unspecified atom stereocenters.